The summed E-state index contributed by atoms with van der Waals surface area (Å²) in [6.45, 7) is 7.14. The molecule has 1 aromatic rings. The van der Waals surface area contributed by atoms with Crippen LogP contribution in [0.3, 0.4) is 0 Å². The van der Waals surface area contributed by atoms with E-state index < -0.39 is 0 Å². The van der Waals surface area contributed by atoms with Crippen LogP contribution in [-0.4, -0.2) is 37.7 Å². The van der Waals surface area contributed by atoms with Gasteiger partial charge in [-0.05, 0) is 38.9 Å². The quantitative estimate of drug-likeness (QED) is 0.818. The summed E-state index contributed by atoms with van der Waals surface area (Å²) in [5, 5.41) is 0. The first-order valence-corrected chi connectivity index (χ1v) is 7.15. The van der Waals surface area contributed by atoms with E-state index in [0.717, 1.165) is 23.6 Å². The van der Waals surface area contributed by atoms with Gasteiger partial charge < -0.3 is 15.2 Å². The van der Waals surface area contributed by atoms with E-state index in [0.29, 0.717) is 19.8 Å². The first-order chi connectivity index (χ1) is 9.35. The maximum Gasteiger partial charge on any atom is 0.165 e. The fourth-order valence-electron chi connectivity index (χ4n) is 2.44. The van der Waals surface area contributed by atoms with E-state index in [1.807, 2.05) is 25.1 Å². The Bertz CT molecular complexity index is 390. The average Bonchev–Trinajstić information content (AvgIpc) is 2.93. The first-order valence-electron chi connectivity index (χ1n) is 7.15. The number of rotatable bonds is 7. The smallest absolute Gasteiger partial charge is 0.165 e. The number of hydrogen-bond acceptors (Lipinski definition) is 4. The number of likely N-dealkylation sites (tertiary alicyclic amines) is 1. The fraction of sp³-hybridized carbons (Fsp3) is 0.600. The molecular formula is C15H24N2O2. The molecule has 0 saturated carbocycles. The molecule has 2 N–H and O–H groups in total. The van der Waals surface area contributed by atoms with Gasteiger partial charge in [0.15, 0.2) is 11.5 Å². The SMILES string of the molecule is CCOc1cccc(CN)c1OCCN1CCCC1. The van der Waals surface area contributed by atoms with Gasteiger partial charge in [0, 0.05) is 18.7 Å². The van der Waals surface area contributed by atoms with Gasteiger partial charge in [-0.2, -0.15) is 0 Å². The zero-order valence-corrected chi connectivity index (χ0v) is 11.7. The number of ether oxygens (including phenoxy) is 2. The molecule has 1 aliphatic rings. The number of nitrogens with zero attached hydrogens (tertiary/aromatic N) is 1. The van der Waals surface area contributed by atoms with E-state index in [4.69, 9.17) is 15.2 Å². The highest BCUT2D eigenvalue weighted by molar-refractivity contribution is 5.46. The van der Waals surface area contributed by atoms with E-state index in [1.165, 1.54) is 25.9 Å². The number of para-hydroxylation sites is 1. The van der Waals surface area contributed by atoms with Crippen molar-refractivity contribution in [2.24, 2.45) is 5.73 Å². The summed E-state index contributed by atoms with van der Waals surface area (Å²) in [5.74, 6) is 1.61. The lowest BCUT2D eigenvalue weighted by atomic mass is 10.2. The molecule has 0 aromatic heterocycles. The normalized spacial score (nSPS) is 15.7. The predicted octanol–water partition coefficient (Wildman–Crippen LogP) is 2.02. The Balaban J connectivity index is 1.96. The van der Waals surface area contributed by atoms with Crippen LogP contribution in [0.4, 0.5) is 0 Å². The molecule has 1 heterocycles. The van der Waals surface area contributed by atoms with Crippen molar-refractivity contribution in [1.29, 1.82) is 0 Å². The zero-order valence-electron chi connectivity index (χ0n) is 11.7. The molecule has 4 heteroatoms. The summed E-state index contributed by atoms with van der Waals surface area (Å²) in [4.78, 5) is 2.44. The summed E-state index contributed by atoms with van der Waals surface area (Å²) in [7, 11) is 0. The monoisotopic (exact) mass is 264 g/mol. The number of nitrogens with two attached hydrogens (primary N) is 1. The van der Waals surface area contributed by atoms with Crippen molar-refractivity contribution in [3.05, 3.63) is 23.8 Å². The van der Waals surface area contributed by atoms with Crippen LogP contribution in [0.2, 0.25) is 0 Å². The highest BCUT2D eigenvalue weighted by atomic mass is 16.5. The predicted molar refractivity (Wildman–Crippen MR) is 76.7 cm³/mol. The Morgan fingerprint density at radius 3 is 2.68 bits per heavy atom. The average molecular weight is 264 g/mol. The molecule has 0 radical (unpaired) electrons. The molecule has 1 fully saturated rings. The number of hydrogen-bond donors (Lipinski definition) is 1. The number of benzene rings is 1. The Kier molecular flexibility index (Phi) is 5.48. The van der Waals surface area contributed by atoms with Crippen molar-refractivity contribution in [2.75, 3.05) is 32.8 Å². The minimum atomic E-state index is 0.472. The van der Waals surface area contributed by atoms with Gasteiger partial charge in [0.2, 0.25) is 0 Å². The van der Waals surface area contributed by atoms with Gasteiger partial charge in [-0.25, -0.2) is 0 Å². The van der Waals surface area contributed by atoms with Crippen LogP contribution >= 0.6 is 0 Å². The molecule has 0 unspecified atom stereocenters. The van der Waals surface area contributed by atoms with E-state index >= 15 is 0 Å². The van der Waals surface area contributed by atoms with Crippen molar-refractivity contribution in [2.45, 2.75) is 26.3 Å². The van der Waals surface area contributed by atoms with E-state index in [-0.39, 0.29) is 0 Å². The second-order valence-corrected chi connectivity index (χ2v) is 4.78. The second kappa shape index (κ2) is 7.36. The standard InChI is InChI=1S/C15H24N2O2/c1-2-18-14-7-5-6-13(12-16)15(14)19-11-10-17-8-3-4-9-17/h5-7H,2-4,8-12,16H2,1H3. The Morgan fingerprint density at radius 2 is 2.00 bits per heavy atom. The molecule has 0 spiro atoms. The molecular weight excluding hydrogens is 240 g/mol. The van der Waals surface area contributed by atoms with Crippen LogP contribution < -0.4 is 15.2 Å². The van der Waals surface area contributed by atoms with Crippen LogP contribution in [0, 0.1) is 0 Å². The van der Waals surface area contributed by atoms with Gasteiger partial charge in [-0.1, -0.05) is 12.1 Å². The largest absolute Gasteiger partial charge is 0.490 e. The molecule has 1 aromatic carbocycles. The molecule has 0 bridgehead atoms. The highest BCUT2D eigenvalue weighted by Gasteiger charge is 2.13. The Morgan fingerprint density at radius 1 is 1.21 bits per heavy atom. The third kappa shape index (κ3) is 3.85. The minimum absolute atomic E-state index is 0.472. The lowest BCUT2D eigenvalue weighted by molar-refractivity contribution is 0.224. The summed E-state index contributed by atoms with van der Waals surface area (Å²) in [6.07, 6.45) is 2.62. The van der Waals surface area contributed by atoms with Crippen molar-refractivity contribution in [1.82, 2.24) is 4.90 Å². The topological polar surface area (TPSA) is 47.7 Å². The molecule has 4 nitrogen and oxygen atoms in total. The molecule has 0 aliphatic carbocycles. The van der Waals surface area contributed by atoms with Gasteiger partial charge in [-0.3, -0.25) is 4.90 Å². The lowest BCUT2D eigenvalue weighted by Crippen LogP contribution is -2.25. The van der Waals surface area contributed by atoms with E-state index in [9.17, 15) is 0 Å². The molecule has 2 rings (SSSR count). The molecule has 106 valence electrons. The highest BCUT2D eigenvalue weighted by Crippen LogP contribution is 2.31. The van der Waals surface area contributed by atoms with Gasteiger partial charge in [0.05, 0.1) is 6.61 Å². The second-order valence-electron chi connectivity index (χ2n) is 4.78. The van der Waals surface area contributed by atoms with Crippen LogP contribution in [-0.2, 0) is 6.54 Å². The first kappa shape index (κ1) is 14.2. The van der Waals surface area contributed by atoms with Gasteiger partial charge >= 0.3 is 0 Å². The summed E-state index contributed by atoms with van der Waals surface area (Å²) < 4.78 is 11.5. The van der Waals surface area contributed by atoms with Crippen molar-refractivity contribution in [3.63, 3.8) is 0 Å². The zero-order chi connectivity index (χ0) is 13.5. The maximum atomic E-state index is 5.93. The van der Waals surface area contributed by atoms with Gasteiger partial charge in [0.25, 0.3) is 0 Å². The summed E-state index contributed by atoms with van der Waals surface area (Å²) in [5.41, 5.74) is 6.77. The summed E-state index contributed by atoms with van der Waals surface area (Å²) in [6, 6.07) is 5.89. The Hall–Kier alpha value is -1.26. The molecule has 1 aliphatic heterocycles. The van der Waals surface area contributed by atoms with Crippen molar-refractivity contribution < 1.29 is 9.47 Å². The van der Waals surface area contributed by atoms with Crippen LogP contribution in [0.1, 0.15) is 25.3 Å². The van der Waals surface area contributed by atoms with Crippen molar-refractivity contribution >= 4 is 0 Å². The molecule has 0 amide bonds. The molecule has 1 saturated heterocycles. The van der Waals surface area contributed by atoms with E-state index in [2.05, 4.69) is 4.90 Å². The fourth-order valence-corrected chi connectivity index (χ4v) is 2.44. The molecule has 19 heavy (non-hydrogen) atoms. The third-order valence-corrected chi connectivity index (χ3v) is 3.43. The summed E-state index contributed by atoms with van der Waals surface area (Å²) >= 11 is 0. The van der Waals surface area contributed by atoms with Crippen LogP contribution in [0.5, 0.6) is 11.5 Å². The Labute approximate surface area is 115 Å². The van der Waals surface area contributed by atoms with Gasteiger partial charge in [0.1, 0.15) is 6.61 Å². The maximum absolute atomic E-state index is 5.93. The third-order valence-electron chi connectivity index (χ3n) is 3.43. The van der Waals surface area contributed by atoms with Crippen molar-refractivity contribution in [3.8, 4) is 11.5 Å². The lowest BCUT2D eigenvalue weighted by Gasteiger charge is -2.18. The van der Waals surface area contributed by atoms with E-state index in [1.54, 1.807) is 0 Å². The van der Waals surface area contributed by atoms with Crippen LogP contribution in [0.25, 0.3) is 0 Å². The minimum Gasteiger partial charge on any atom is -0.490 e. The molecule has 0 atom stereocenters. The van der Waals surface area contributed by atoms with Gasteiger partial charge in [-0.15, -0.1) is 0 Å². The van der Waals surface area contributed by atoms with Crippen LogP contribution in [0.15, 0.2) is 18.2 Å².